The maximum absolute atomic E-state index is 12.0. The monoisotopic (exact) mass is 314 g/mol. The Morgan fingerprint density at radius 1 is 1.30 bits per heavy atom. The summed E-state index contributed by atoms with van der Waals surface area (Å²) in [7, 11) is 0. The summed E-state index contributed by atoms with van der Waals surface area (Å²) in [6.07, 6.45) is 0.568. The molecule has 0 radical (unpaired) electrons. The molecule has 2 heterocycles. The standard InChI is InChI=1S/C15H14N4O4/c1-9-7-13(19-23-9)17-14(20)10(2)22-12-5-3-11(4-6-12)15-18-16-8-21-15/h3-8,10H,1-2H3,(H,17,19,20)/t10-/m1/s1. The summed E-state index contributed by atoms with van der Waals surface area (Å²) in [6.45, 7) is 3.39. The highest BCUT2D eigenvalue weighted by atomic mass is 16.5. The Morgan fingerprint density at radius 2 is 2.09 bits per heavy atom. The fraction of sp³-hybridized carbons (Fsp3) is 0.200. The zero-order valence-electron chi connectivity index (χ0n) is 12.5. The highest BCUT2D eigenvalue weighted by Gasteiger charge is 2.16. The number of nitrogens with zero attached hydrogens (tertiary/aromatic N) is 3. The number of nitrogens with one attached hydrogen (secondary N) is 1. The normalized spacial score (nSPS) is 11.9. The predicted molar refractivity (Wildman–Crippen MR) is 79.7 cm³/mol. The molecule has 1 aromatic carbocycles. The fourth-order valence-corrected chi connectivity index (χ4v) is 1.89. The van der Waals surface area contributed by atoms with Crippen LogP contribution in [0.3, 0.4) is 0 Å². The van der Waals surface area contributed by atoms with Crippen LogP contribution in [0.1, 0.15) is 12.7 Å². The lowest BCUT2D eigenvalue weighted by atomic mass is 10.2. The van der Waals surface area contributed by atoms with Crippen LogP contribution in [0.25, 0.3) is 11.5 Å². The third kappa shape index (κ3) is 3.54. The van der Waals surface area contributed by atoms with E-state index >= 15 is 0 Å². The van der Waals surface area contributed by atoms with Gasteiger partial charge in [-0.15, -0.1) is 10.2 Å². The van der Waals surface area contributed by atoms with Crippen LogP contribution in [0.15, 0.2) is 45.7 Å². The van der Waals surface area contributed by atoms with Gasteiger partial charge < -0.3 is 19.0 Å². The molecule has 3 rings (SSSR count). The highest BCUT2D eigenvalue weighted by Crippen LogP contribution is 2.21. The van der Waals surface area contributed by atoms with Gasteiger partial charge >= 0.3 is 0 Å². The number of carbonyl (C=O) groups excluding carboxylic acids is 1. The summed E-state index contributed by atoms with van der Waals surface area (Å²) in [5.41, 5.74) is 0.769. The van der Waals surface area contributed by atoms with E-state index in [-0.39, 0.29) is 5.91 Å². The molecule has 1 N–H and O–H groups in total. The number of aromatic nitrogens is 3. The van der Waals surface area contributed by atoms with E-state index < -0.39 is 6.10 Å². The number of rotatable bonds is 5. The third-order valence-corrected chi connectivity index (χ3v) is 3.02. The van der Waals surface area contributed by atoms with Gasteiger partial charge in [-0.25, -0.2) is 0 Å². The van der Waals surface area contributed by atoms with E-state index in [0.29, 0.717) is 23.2 Å². The molecule has 0 aliphatic rings. The Balaban J connectivity index is 1.61. The molecule has 23 heavy (non-hydrogen) atoms. The van der Waals surface area contributed by atoms with Crippen molar-refractivity contribution in [3.8, 4) is 17.2 Å². The molecule has 118 valence electrons. The van der Waals surface area contributed by atoms with Crippen molar-refractivity contribution in [3.05, 3.63) is 42.5 Å². The summed E-state index contributed by atoms with van der Waals surface area (Å²) < 4.78 is 15.6. The van der Waals surface area contributed by atoms with Gasteiger partial charge in [0.15, 0.2) is 11.9 Å². The zero-order valence-corrected chi connectivity index (χ0v) is 12.5. The average molecular weight is 314 g/mol. The Hall–Kier alpha value is -3.16. The molecular formula is C15H14N4O4. The first kappa shape index (κ1) is 14.8. The van der Waals surface area contributed by atoms with Gasteiger partial charge in [-0.05, 0) is 38.1 Å². The minimum absolute atomic E-state index is 0.320. The lowest BCUT2D eigenvalue weighted by molar-refractivity contribution is -0.122. The molecule has 0 fully saturated rings. The van der Waals surface area contributed by atoms with Gasteiger partial charge in [0.2, 0.25) is 12.3 Å². The largest absolute Gasteiger partial charge is 0.481 e. The van der Waals surface area contributed by atoms with Crippen LogP contribution in [-0.4, -0.2) is 27.4 Å². The first-order valence-electron chi connectivity index (χ1n) is 6.89. The number of carbonyl (C=O) groups is 1. The summed E-state index contributed by atoms with van der Waals surface area (Å²) in [4.78, 5) is 12.0. The smallest absolute Gasteiger partial charge is 0.266 e. The van der Waals surface area contributed by atoms with E-state index in [9.17, 15) is 4.79 Å². The maximum Gasteiger partial charge on any atom is 0.266 e. The van der Waals surface area contributed by atoms with E-state index in [1.54, 1.807) is 44.2 Å². The minimum Gasteiger partial charge on any atom is -0.481 e. The number of hydrogen-bond donors (Lipinski definition) is 1. The summed E-state index contributed by atoms with van der Waals surface area (Å²) in [5.74, 6) is 1.62. The van der Waals surface area contributed by atoms with Crippen molar-refractivity contribution in [2.75, 3.05) is 5.32 Å². The molecule has 1 atom stereocenters. The van der Waals surface area contributed by atoms with E-state index in [1.807, 2.05) is 0 Å². The topological polar surface area (TPSA) is 103 Å². The van der Waals surface area contributed by atoms with E-state index in [0.717, 1.165) is 5.56 Å². The van der Waals surface area contributed by atoms with Crippen LogP contribution in [-0.2, 0) is 4.79 Å². The van der Waals surface area contributed by atoms with Crippen molar-refractivity contribution in [3.63, 3.8) is 0 Å². The second-order valence-corrected chi connectivity index (χ2v) is 4.84. The van der Waals surface area contributed by atoms with Gasteiger partial charge in [-0.3, -0.25) is 4.79 Å². The van der Waals surface area contributed by atoms with Gasteiger partial charge in [0.1, 0.15) is 11.5 Å². The maximum atomic E-state index is 12.0. The molecule has 3 aromatic rings. The van der Waals surface area contributed by atoms with Gasteiger partial charge in [0.25, 0.3) is 5.91 Å². The third-order valence-electron chi connectivity index (χ3n) is 3.02. The molecule has 0 spiro atoms. The van der Waals surface area contributed by atoms with Crippen LogP contribution in [0.4, 0.5) is 5.82 Å². The average Bonchev–Trinajstić information content (AvgIpc) is 3.20. The molecule has 2 aromatic heterocycles. The van der Waals surface area contributed by atoms with Gasteiger partial charge in [0, 0.05) is 11.6 Å². The SMILES string of the molecule is Cc1cc(NC(=O)[C@@H](C)Oc2ccc(-c3nnco3)cc2)no1. The number of anilines is 1. The van der Waals surface area contributed by atoms with Crippen LogP contribution >= 0.6 is 0 Å². The van der Waals surface area contributed by atoms with Gasteiger partial charge in [-0.2, -0.15) is 0 Å². The molecule has 0 unspecified atom stereocenters. The van der Waals surface area contributed by atoms with Crippen LogP contribution in [0.2, 0.25) is 0 Å². The van der Waals surface area contributed by atoms with Crippen LogP contribution < -0.4 is 10.1 Å². The summed E-state index contributed by atoms with van der Waals surface area (Å²) >= 11 is 0. The lowest BCUT2D eigenvalue weighted by Gasteiger charge is -2.13. The molecule has 1 amide bonds. The van der Waals surface area contributed by atoms with Crippen LogP contribution in [0, 0.1) is 6.92 Å². The van der Waals surface area contributed by atoms with Crippen molar-refractivity contribution in [1.82, 2.24) is 15.4 Å². The van der Waals surface area contributed by atoms with Crippen molar-refractivity contribution < 1.29 is 18.5 Å². The number of benzene rings is 1. The highest BCUT2D eigenvalue weighted by molar-refractivity contribution is 5.93. The number of ether oxygens (including phenoxy) is 1. The zero-order chi connectivity index (χ0) is 16.2. The Bertz CT molecular complexity index is 780. The molecule has 0 saturated carbocycles. The fourth-order valence-electron chi connectivity index (χ4n) is 1.89. The molecular weight excluding hydrogens is 300 g/mol. The van der Waals surface area contributed by atoms with Crippen molar-refractivity contribution in [1.29, 1.82) is 0 Å². The minimum atomic E-state index is -0.693. The quantitative estimate of drug-likeness (QED) is 0.771. The molecule has 0 saturated heterocycles. The van der Waals surface area contributed by atoms with E-state index in [1.165, 1.54) is 6.39 Å². The Labute approximate surface area is 131 Å². The second kappa shape index (κ2) is 6.30. The van der Waals surface area contributed by atoms with Crippen molar-refractivity contribution >= 4 is 11.7 Å². The predicted octanol–water partition coefficient (Wildman–Crippen LogP) is 2.44. The van der Waals surface area contributed by atoms with Gasteiger partial charge in [-0.1, -0.05) is 5.16 Å². The Morgan fingerprint density at radius 3 is 2.70 bits per heavy atom. The van der Waals surface area contributed by atoms with E-state index in [4.69, 9.17) is 13.7 Å². The Kier molecular flexibility index (Phi) is 4.05. The first-order valence-corrected chi connectivity index (χ1v) is 6.89. The lowest BCUT2D eigenvalue weighted by Crippen LogP contribution is -2.30. The molecule has 0 aliphatic heterocycles. The molecule has 8 heteroatoms. The van der Waals surface area contributed by atoms with Crippen molar-refractivity contribution in [2.45, 2.75) is 20.0 Å². The number of aryl methyl sites for hydroxylation is 1. The number of hydrogen-bond acceptors (Lipinski definition) is 7. The van der Waals surface area contributed by atoms with Crippen molar-refractivity contribution in [2.24, 2.45) is 0 Å². The molecule has 0 aliphatic carbocycles. The van der Waals surface area contributed by atoms with E-state index in [2.05, 4.69) is 20.7 Å². The summed E-state index contributed by atoms with van der Waals surface area (Å²) in [5, 5.41) is 13.8. The molecule has 0 bridgehead atoms. The first-order chi connectivity index (χ1) is 11.1. The van der Waals surface area contributed by atoms with Gasteiger partial charge in [0.05, 0.1) is 0 Å². The summed E-state index contributed by atoms with van der Waals surface area (Å²) in [6, 6.07) is 8.62. The van der Waals surface area contributed by atoms with Crippen LogP contribution in [0.5, 0.6) is 5.75 Å². The number of amides is 1. The molecule has 8 nitrogen and oxygen atoms in total. The second-order valence-electron chi connectivity index (χ2n) is 4.84.